The molecule has 3 unspecified atom stereocenters. The molecule has 2 aromatic rings. The quantitative estimate of drug-likeness (QED) is 0.848. The number of carbonyl (C=O) groups excluding carboxylic acids is 2. The molecule has 3 aliphatic rings. The van der Waals surface area contributed by atoms with Crippen molar-refractivity contribution in [2.75, 3.05) is 32.7 Å². The molecular formula is C18H20N4O2S. The SMILES string of the molecule is O=C(NC1CC2CCN(C2)C1)c1cc2sc(C(=O)N3CC3)cc2cn1. The van der Waals surface area contributed by atoms with Crippen molar-refractivity contribution in [1.82, 2.24) is 20.1 Å². The normalized spacial score (nSPS) is 27.5. The van der Waals surface area contributed by atoms with Gasteiger partial charge in [-0.15, -0.1) is 11.3 Å². The highest BCUT2D eigenvalue weighted by Crippen LogP contribution is 2.29. The minimum atomic E-state index is -0.110. The van der Waals surface area contributed by atoms with Crippen LogP contribution in [0.4, 0.5) is 0 Å². The van der Waals surface area contributed by atoms with Crippen molar-refractivity contribution in [2.24, 2.45) is 5.92 Å². The first-order valence-electron chi connectivity index (χ1n) is 8.88. The second-order valence-electron chi connectivity index (χ2n) is 7.33. The molecule has 3 aliphatic heterocycles. The molecule has 2 amide bonds. The molecular weight excluding hydrogens is 336 g/mol. The van der Waals surface area contributed by atoms with Crippen LogP contribution in [0.2, 0.25) is 0 Å². The molecule has 5 rings (SSSR count). The zero-order chi connectivity index (χ0) is 17.0. The Morgan fingerprint density at radius 1 is 1.20 bits per heavy atom. The van der Waals surface area contributed by atoms with Crippen molar-refractivity contribution in [3.63, 3.8) is 0 Å². The standard InChI is InChI=1S/C18H20N4O2S/c23-17(20-13-5-11-1-2-21(9-11)10-13)14-7-15-12(8-19-14)6-16(25-15)18(24)22-3-4-22/h6-8,11,13H,1-5,9-10H2,(H,20,23). The summed E-state index contributed by atoms with van der Waals surface area (Å²) < 4.78 is 0.942. The highest BCUT2D eigenvalue weighted by atomic mass is 32.1. The van der Waals surface area contributed by atoms with Gasteiger partial charge in [0.15, 0.2) is 0 Å². The van der Waals surface area contributed by atoms with Gasteiger partial charge in [-0.25, -0.2) is 0 Å². The first-order chi connectivity index (χ1) is 12.2. The predicted molar refractivity (Wildman–Crippen MR) is 95.9 cm³/mol. The minimum Gasteiger partial charge on any atom is -0.347 e. The van der Waals surface area contributed by atoms with Gasteiger partial charge in [-0.3, -0.25) is 14.6 Å². The van der Waals surface area contributed by atoms with Crippen LogP contribution in [0.1, 0.15) is 33.0 Å². The van der Waals surface area contributed by atoms with E-state index < -0.39 is 0 Å². The number of thiophene rings is 1. The van der Waals surface area contributed by atoms with Crippen LogP contribution in [-0.4, -0.2) is 65.4 Å². The lowest BCUT2D eigenvalue weighted by molar-refractivity contribution is 0.0886. The average molecular weight is 356 g/mol. The fraction of sp³-hybridized carbons (Fsp3) is 0.500. The first-order valence-corrected chi connectivity index (χ1v) is 9.69. The van der Waals surface area contributed by atoms with Gasteiger partial charge in [-0.1, -0.05) is 0 Å². The first kappa shape index (κ1) is 15.3. The summed E-state index contributed by atoms with van der Waals surface area (Å²) in [4.78, 5) is 34.0. The predicted octanol–water partition coefficient (Wildman–Crippen LogP) is 1.58. The van der Waals surface area contributed by atoms with Crippen molar-refractivity contribution < 1.29 is 9.59 Å². The van der Waals surface area contributed by atoms with Crippen molar-refractivity contribution in [3.8, 4) is 0 Å². The van der Waals surface area contributed by atoms with Crippen LogP contribution >= 0.6 is 11.3 Å². The molecule has 25 heavy (non-hydrogen) atoms. The van der Waals surface area contributed by atoms with E-state index >= 15 is 0 Å². The van der Waals surface area contributed by atoms with E-state index in [2.05, 4.69) is 15.2 Å². The van der Waals surface area contributed by atoms with Crippen LogP contribution < -0.4 is 5.32 Å². The molecule has 2 bridgehead atoms. The van der Waals surface area contributed by atoms with Gasteiger partial charge in [-0.2, -0.15) is 0 Å². The van der Waals surface area contributed by atoms with Crippen LogP contribution in [0.25, 0.3) is 10.1 Å². The van der Waals surface area contributed by atoms with Crippen molar-refractivity contribution in [1.29, 1.82) is 0 Å². The van der Waals surface area contributed by atoms with E-state index in [-0.39, 0.29) is 17.9 Å². The van der Waals surface area contributed by atoms with Crippen LogP contribution in [0, 0.1) is 5.92 Å². The zero-order valence-corrected chi connectivity index (χ0v) is 14.7. The van der Waals surface area contributed by atoms with E-state index in [1.807, 2.05) is 12.1 Å². The number of amides is 2. The summed E-state index contributed by atoms with van der Waals surface area (Å²) in [5.74, 6) is 0.693. The second-order valence-corrected chi connectivity index (χ2v) is 8.41. The van der Waals surface area contributed by atoms with Gasteiger partial charge < -0.3 is 15.1 Å². The van der Waals surface area contributed by atoms with E-state index in [1.54, 1.807) is 11.1 Å². The van der Waals surface area contributed by atoms with Gasteiger partial charge in [-0.05, 0) is 37.4 Å². The van der Waals surface area contributed by atoms with Crippen LogP contribution in [0.3, 0.4) is 0 Å². The third-order valence-corrected chi connectivity index (χ3v) is 6.47. The molecule has 3 atom stereocenters. The Bertz CT molecular complexity index is 848. The fourth-order valence-corrected chi connectivity index (χ4v) is 5.03. The van der Waals surface area contributed by atoms with Gasteiger partial charge in [0.2, 0.25) is 0 Å². The summed E-state index contributed by atoms with van der Waals surface area (Å²) >= 11 is 1.44. The number of rotatable bonds is 3. The van der Waals surface area contributed by atoms with E-state index in [9.17, 15) is 9.59 Å². The van der Waals surface area contributed by atoms with Gasteiger partial charge >= 0.3 is 0 Å². The Hall–Kier alpha value is -1.99. The van der Waals surface area contributed by atoms with E-state index in [1.165, 1.54) is 24.3 Å². The molecule has 5 heterocycles. The number of nitrogens with one attached hydrogen (secondary N) is 1. The van der Waals surface area contributed by atoms with Crippen LogP contribution in [0.15, 0.2) is 18.3 Å². The third kappa shape index (κ3) is 2.91. The molecule has 3 saturated heterocycles. The third-order valence-electron chi connectivity index (χ3n) is 5.38. The number of piperidine rings is 1. The smallest absolute Gasteiger partial charge is 0.270 e. The maximum atomic E-state index is 12.6. The summed E-state index contributed by atoms with van der Waals surface area (Å²) in [6.45, 7) is 4.97. The molecule has 3 fully saturated rings. The molecule has 1 N–H and O–H groups in total. The molecule has 0 saturated carbocycles. The van der Waals surface area contributed by atoms with Crippen molar-refractivity contribution >= 4 is 33.2 Å². The summed E-state index contributed by atoms with van der Waals surface area (Å²) in [5.41, 5.74) is 0.438. The Balaban J connectivity index is 1.33. The number of aromatic nitrogens is 1. The fourth-order valence-electron chi connectivity index (χ4n) is 4.00. The van der Waals surface area contributed by atoms with E-state index in [0.29, 0.717) is 5.69 Å². The molecule has 6 nitrogen and oxygen atoms in total. The summed E-state index contributed by atoms with van der Waals surface area (Å²) in [5, 5.41) is 4.07. The average Bonchev–Trinajstić information content (AvgIpc) is 3.28. The largest absolute Gasteiger partial charge is 0.347 e. The number of nitrogens with zero attached hydrogens (tertiary/aromatic N) is 3. The molecule has 2 aromatic heterocycles. The molecule has 7 heteroatoms. The number of pyridine rings is 1. The Morgan fingerprint density at radius 2 is 2.08 bits per heavy atom. The lowest BCUT2D eigenvalue weighted by Crippen LogP contribution is -2.47. The molecule has 0 radical (unpaired) electrons. The summed E-state index contributed by atoms with van der Waals surface area (Å²) in [6.07, 6.45) is 4.02. The molecule has 130 valence electrons. The van der Waals surface area contributed by atoms with Gasteiger partial charge in [0.25, 0.3) is 11.8 Å². The second kappa shape index (κ2) is 5.78. The van der Waals surface area contributed by atoms with Gasteiger partial charge in [0.1, 0.15) is 5.69 Å². The minimum absolute atomic E-state index is 0.0823. The Morgan fingerprint density at radius 3 is 2.88 bits per heavy atom. The molecule has 0 aromatic carbocycles. The zero-order valence-electron chi connectivity index (χ0n) is 13.9. The lowest BCUT2D eigenvalue weighted by Gasteiger charge is -2.30. The maximum absolute atomic E-state index is 12.6. The lowest BCUT2D eigenvalue weighted by atomic mass is 9.97. The van der Waals surface area contributed by atoms with Crippen molar-refractivity contribution in [2.45, 2.75) is 18.9 Å². The molecule has 0 spiro atoms. The highest BCUT2D eigenvalue weighted by molar-refractivity contribution is 7.20. The van der Waals surface area contributed by atoms with Crippen molar-refractivity contribution in [3.05, 3.63) is 28.9 Å². The van der Waals surface area contributed by atoms with Gasteiger partial charge in [0.05, 0.1) is 4.88 Å². The highest BCUT2D eigenvalue weighted by Gasteiger charge is 2.33. The summed E-state index contributed by atoms with van der Waals surface area (Å²) in [7, 11) is 0. The van der Waals surface area contributed by atoms with Gasteiger partial charge in [0, 0.05) is 48.5 Å². The molecule has 0 aliphatic carbocycles. The Kier molecular flexibility index (Phi) is 3.53. The van der Waals surface area contributed by atoms with Crippen LogP contribution in [0.5, 0.6) is 0 Å². The number of hydrogen-bond donors (Lipinski definition) is 1. The monoisotopic (exact) mass is 356 g/mol. The Labute approximate surface area is 149 Å². The maximum Gasteiger partial charge on any atom is 0.270 e. The number of hydrogen-bond acceptors (Lipinski definition) is 5. The van der Waals surface area contributed by atoms with Crippen LogP contribution in [-0.2, 0) is 0 Å². The number of fused-ring (bicyclic) bond motifs is 3. The van der Waals surface area contributed by atoms with E-state index in [0.717, 1.165) is 53.5 Å². The number of carbonyl (C=O) groups is 2. The van der Waals surface area contributed by atoms with E-state index in [4.69, 9.17) is 0 Å². The summed E-state index contributed by atoms with van der Waals surface area (Å²) in [6, 6.07) is 3.91. The topological polar surface area (TPSA) is 65.3 Å².